The van der Waals surface area contributed by atoms with E-state index in [1.54, 1.807) is 55.6 Å². The Hall–Kier alpha value is -4.22. The Bertz CT molecular complexity index is 1180. The van der Waals surface area contributed by atoms with E-state index in [4.69, 9.17) is 21.1 Å². The number of nitrogens with zero attached hydrogens (tertiary/aromatic N) is 3. The molecule has 0 spiro atoms. The van der Waals surface area contributed by atoms with Crippen molar-refractivity contribution in [1.29, 1.82) is 5.26 Å². The van der Waals surface area contributed by atoms with Gasteiger partial charge in [-0.05, 0) is 47.5 Å². The minimum Gasteiger partial charge on any atom is -0.497 e. The minimum atomic E-state index is -0.912. The van der Waals surface area contributed by atoms with E-state index in [1.807, 2.05) is 36.5 Å². The summed E-state index contributed by atoms with van der Waals surface area (Å²) in [6.07, 6.45) is 2.28. The Labute approximate surface area is 215 Å². The normalized spacial score (nSPS) is 11.1. The van der Waals surface area contributed by atoms with E-state index < -0.39 is 17.9 Å². The fraction of sp³-hybridized carbons (Fsp3) is 0.222. The number of carbonyl (C=O) groups is 2. The molecule has 0 aliphatic carbocycles. The SMILES string of the molecule is COc1ccc(OCC(=O)N[C@@H](Cc2ccccc2)C(=O)N(C)N(C#N)Cc2ccc(Cl)cc2)cc1. The van der Waals surface area contributed by atoms with Crippen LogP contribution in [0.25, 0.3) is 0 Å². The molecule has 0 saturated carbocycles. The summed E-state index contributed by atoms with van der Waals surface area (Å²) in [6, 6.07) is 22.2. The maximum absolute atomic E-state index is 13.4. The van der Waals surface area contributed by atoms with Crippen LogP contribution in [0, 0.1) is 11.5 Å². The van der Waals surface area contributed by atoms with Gasteiger partial charge in [-0.2, -0.15) is 5.26 Å². The van der Waals surface area contributed by atoms with E-state index >= 15 is 0 Å². The van der Waals surface area contributed by atoms with E-state index in [0.717, 1.165) is 11.1 Å². The number of nitriles is 1. The summed E-state index contributed by atoms with van der Waals surface area (Å²) >= 11 is 5.94. The van der Waals surface area contributed by atoms with Gasteiger partial charge >= 0.3 is 0 Å². The Kier molecular flexibility index (Phi) is 9.55. The second kappa shape index (κ2) is 13.0. The van der Waals surface area contributed by atoms with Crippen LogP contribution in [0.4, 0.5) is 0 Å². The summed E-state index contributed by atoms with van der Waals surface area (Å²) in [6.45, 7) is -0.107. The van der Waals surface area contributed by atoms with Gasteiger partial charge in [0.05, 0.1) is 13.7 Å². The lowest BCUT2D eigenvalue weighted by Crippen LogP contribution is -2.53. The van der Waals surface area contributed by atoms with Crippen molar-refractivity contribution in [2.75, 3.05) is 20.8 Å². The van der Waals surface area contributed by atoms with Crippen molar-refractivity contribution in [3.63, 3.8) is 0 Å². The number of benzene rings is 3. The molecule has 9 heteroatoms. The third kappa shape index (κ3) is 7.65. The molecule has 0 saturated heterocycles. The number of ether oxygens (including phenoxy) is 2. The van der Waals surface area contributed by atoms with Crippen LogP contribution in [0.2, 0.25) is 5.02 Å². The molecule has 3 aromatic carbocycles. The molecule has 0 aliphatic heterocycles. The number of hydrazine groups is 1. The quantitative estimate of drug-likeness (QED) is 0.241. The Morgan fingerprint density at radius 2 is 1.61 bits per heavy atom. The van der Waals surface area contributed by atoms with Gasteiger partial charge in [-0.25, -0.2) is 10.0 Å². The molecular weight excluding hydrogens is 480 g/mol. The lowest BCUT2D eigenvalue weighted by Gasteiger charge is -2.30. The largest absolute Gasteiger partial charge is 0.497 e. The summed E-state index contributed by atoms with van der Waals surface area (Å²) in [4.78, 5) is 26.1. The van der Waals surface area contributed by atoms with Crippen molar-refractivity contribution in [2.45, 2.75) is 19.0 Å². The van der Waals surface area contributed by atoms with Crippen LogP contribution in [0.1, 0.15) is 11.1 Å². The highest BCUT2D eigenvalue weighted by Gasteiger charge is 2.28. The Morgan fingerprint density at radius 3 is 2.22 bits per heavy atom. The Morgan fingerprint density at radius 1 is 0.972 bits per heavy atom. The third-order valence-corrected chi connectivity index (χ3v) is 5.64. The Balaban J connectivity index is 1.69. The number of rotatable bonds is 11. The first-order valence-electron chi connectivity index (χ1n) is 11.2. The van der Waals surface area contributed by atoms with Crippen molar-refractivity contribution >= 4 is 23.4 Å². The molecule has 0 aliphatic rings. The van der Waals surface area contributed by atoms with Gasteiger partial charge in [0, 0.05) is 18.5 Å². The molecule has 0 bridgehead atoms. The van der Waals surface area contributed by atoms with Crippen molar-refractivity contribution in [2.24, 2.45) is 0 Å². The van der Waals surface area contributed by atoms with Gasteiger partial charge in [0.1, 0.15) is 17.5 Å². The molecule has 3 rings (SSSR count). The molecule has 1 N–H and O–H groups in total. The van der Waals surface area contributed by atoms with Crippen molar-refractivity contribution < 1.29 is 19.1 Å². The van der Waals surface area contributed by atoms with Crippen molar-refractivity contribution in [1.82, 2.24) is 15.3 Å². The standard InChI is InChI=1S/C27H27ClN4O4/c1-31(32(19-29)17-21-8-10-22(28)11-9-21)27(34)25(16-20-6-4-3-5-7-20)30-26(33)18-36-24-14-12-23(35-2)13-15-24/h3-15,25H,16-18H2,1-2H3,(H,30,33)/t25-/m0/s1. The molecular formula is C27H27ClN4O4. The number of amides is 2. The van der Waals surface area contributed by atoms with Gasteiger partial charge in [-0.3, -0.25) is 9.59 Å². The zero-order valence-corrected chi connectivity index (χ0v) is 20.8. The second-order valence-corrected chi connectivity index (χ2v) is 8.36. The zero-order valence-electron chi connectivity index (χ0n) is 20.1. The number of halogens is 1. The highest BCUT2D eigenvalue weighted by atomic mass is 35.5. The van der Waals surface area contributed by atoms with Crippen molar-refractivity contribution in [3.8, 4) is 17.7 Å². The van der Waals surface area contributed by atoms with Gasteiger partial charge in [0.25, 0.3) is 11.8 Å². The fourth-order valence-corrected chi connectivity index (χ4v) is 3.55. The van der Waals surface area contributed by atoms with E-state index in [0.29, 0.717) is 16.5 Å². The van der Waals surface area contributed by atoms with E-state index in [1.165, 1.54) is 17.1 Å². The third-order valence-electron chi connectivity index (χ3n) is 5.39. The first kappa shape index (κ1) is 26.4. The number of likely N-dealkylation sites (N-methyl/N-ethyl adjacent to an activating group) is 1. The topological polar surface area (TPSA) is 94.9 Å². The zero-order chi connectivity index (χ0) is 25.9. The average molecular weight is 507 g/mol. The van der Waals surface area contributed by atoms with E-state index in [9.17, 15) is 14.9 Å². The lowest BCUT2D eigenvalue weighted by molar-refractivity contribution is -0.146. The van der Waals surface area contributed by atoms with Crippen LogP contribution in [0.3, 0.4) is 0 Å². The predicted molar refractivity (Wildman–Crippen MR) is 136 cm³/mol. The summed E-state index contributed by atoms with van der Waals surface area (Å²) in [5, 5.41) is 15.5. The van der Waals surface area contributed by atoms with E-state index in [-0.39, 0.29) is 19.6 Å². The van der Waals surface area contributed by atoms with Crippen LogP contribution >= 0.6 is 11.6 Å². The van der Waals surface area contributed by atoms with Crippen LogP contribution in [0.5, 0.6) is 11.5 Å². The molecule has 8 nitrogen and oxygen atoms in total. The average Bonchev–Trinajstić information content (AvgIpc) is 2.91. The first-order valence-corrected chi connectivity index (χ1v) is 11.6. The first-order chi connectivity index (χ1) is 17.4. The van der Waals surface area contributed by atoms with Crippen LogP contribution in [-0.4, -0.2) is 48.6 Å². The summed E-state index contributed by atoms with van der Waals surface area (Å²) in [7, 11) is 3.06. The highest BCUT2D eigenvalue weighted by molar-refractivity contribution is 6.30. The molecule has 0 radical (unpaired) electrons. The molecule has 36 heavy (non-hydrogen) atoms. The number of nitrogens with one attached hydrogen (secondary N) is 1. The van der Waals surface area contributed by atoms with Crippen molar-refractivity contribution in [3.05, 3.63) is 95.0 Å². The molecule has 0 aromatic heterocycles. The maximum Gasteiger partial charge on any atom is 0.264 e. The minimum absolute atomic E-state index is 0.169. The summed E-state index contributed by atoms with van der Waals surface area (Å²) in [5.41, 5.74) is 1.67. The molecule has 186 valence electrons. The molecule has 2 amide bonds. The summed E-state index contributed by atoms with van der Waals surface area (Å²) < 4.78 is 10.7. The number of hydrogen-bond donors (Lipinski definition) is 1. The van der Waals surface area contributed by atoms with Crippen LogP contribution < -0.4 is 14.8 Å². The van der Waals surface area contributed by atoms with Gasteiger partial charge in [-0.15, -0.1) is 0 Å². The smallest absolute Gasteiger partial charge is 0.264 e. The van der Waals surface area contributed by atoms with Crippen LogP contribution in [0.15, 0.2) is 78.9 Å². The fourth-order valence-electron chi connectivity index (χ4n) is 3.42. The lowest BCUT2D eigenvalue weighted by atomic mass is 10.1. The predicted octanol–water partition coefficient (Wildman–Crippen LogP) is 3.81. The molecule has 0 fully saturated rings. The van der Waals surface area contributed by atoms with Crippen LogP contribution in [-0.2, 0) is 22.6 Å². The van der Waals surface area contributed by atoms with Gasteiger partial charge < -0.3 is 14.8 Å². The monoisotopic (exact) mass is 506 g/mol. The number of methoxy groups -OCH3 is 1. The van der Waals surface area contributed by atoms with E-state index in [2.05, 4.69) is 5.32 Å². The molecule has 3 aromatic rings. The number of hydrogen-bond acceptors (Lipinski definition) is 6. The van der Waals surface area contributed by atoms with Gasteiger partial charge in [0.15, 0.2) is 12.8 Å². The summed E-state index contributed by atoms with van der Waals surface area (Å²) in [5.74, 6) is 0.263. The van der Waals surface area contributed by atoms with Gasteiger partial charge in [-0.1, -0.05) is 54.1 Å². The number of carbonyl (C=O) groups excluding carboxylic acids is 2. The molecule has 1 atom stereocenters. The second-order valence-electron chi connectivity index (χ2n) is 7.92. The van der Waals surface area contributed by atoms with Gasteiger partial charge in [0.2, 0.25) is 0 Å². The molecule has 0 heterocycles. The molecule has 0 unspecified atom stereocenters. The maximum atomic E-state index is 13.4. The highest BCUT2D eigenvalue weighted by Crippen LogP contribution is 2.17.